The second-order valence-corrected chi connectivity index (χ2v) is 11.2. The number of aliphatic hydroxyl groups excluding tert-OH is 2. The third-order valence-corrected chi connectivity index (χ3v) is 7.13. The zero-order valence-corrected chi connectivity index (χ0v) is 22.2. The van der Waals surface area contributed by atoms with E-state index in [1.807, 2.05) is 0 Å². The van der Waals surface area contributed by atoms with Crippen molar-refractivity contribution in [1.82, 2.24) is 0 Å². The largest absolute Gasteiger partial charge is 0.396 e. The number of hydrogen-bond acceptors (Lipinski definition) is 2. The van der Waals surface area contributed by atoms with Gasteiger partial charge in [0.2, 0.25) is 0 Å². The van der Waals surface area contributed by atoms with Crippen molar-refractivity contribution >= 4 is 0 Å². The Labute approximate surface area is 197 Å². The SMILES string of the molecule is CCCCCCCC(CCCCCCCO)CC(C)CCC(O)CC(C)CCC(C)C. The van der Waals surface area contributed by atoms with Crippen LogP contribution in [0.25, 0.3) is 0 Å². The van der Waals surface area contributed by atoms with E-state index in [2.05, 4.69) is 34.6 Å². The lowest BCUT2D eigenvalue weighted by atomic mass is 9.84. The Morgan fingerprint density at radius 1 is 0.548 bits per heavy atom. The van der Waals surface area contributed by atoms with Gasteiger partial charge < -0.3 is 10.2 Å². The molecule has 0 fully saturated rings. The summed E-state index contributed by atoms with van der Waals surface area (Å²) in [7, 11) is 0. The van der Waals surface area contributed by atoms with Crippen LogP contribution < -0.4 is 0 Å². The van der Waals surface area contributed by atoms with Crippen LogP contribution in [0.15, 0.2) is 0 Å². The second-order valence-electron chi connectivity index (χ2n) is 11.2. The summed E-state index contributed by atoms with van der Waals surface area (Å²) in [4.78, 5) is 0. The fraction of sp³-hybridized carbons (Fsp3) is 1.00. The van der Waals surface area contributed by atoms with E-state index in [4.69, 9.17) is 5.11 Å². The predicted molar refractivity (Wildman–Crippen MR) is 139 cm³/mol. The van der Waals surface area contributed by atoms with Gasteiger partial charge in [0.25, 0.3) is 0 Å². The van der Waals surface area contributed by atoms with Gasteiger partial charge in [0, 0.05) is 6.61 Å². The van der Waals surface area contributed by atoms with E-state index >= 15 is 0 Å². The minimum atomic E-state index is -0.108. The molecule has 31 heavy (non-hydrogen) atoms. The lowest BCUT2D eigenvalue weighted by Crippen LogP contribution is -2.15. The van der Waals surface area contributed by atoms with Gasteiger partial charge in [-0.15, -0.1) is 0 Å². The Bertz CT molecular complexity index is 355. The summed E-state index contributed by atoms with van der Waals surface area (Å²) in [5, 5.41) is 19.5. The average Bonchev–Trinajstić information content (AvgIpc) is 2.72. The first-order valence-electron chi connectivity index (χ1n) is 14.2. The minimum absolute atomic E-state index is 0.108. The molecule has 0 aliphatic rings. The van der Waals surface area contributed by atoms with E-state index in [1.54, 1.807) is 0 Å². The molecule has 2 N–H and O–H groups in total. The summed E-state index contributed by atoms with van der Waals surface area (Å²) >= 11 is 0. The standard InChI is InChI=1S/C29H60O2/c1-6-7-8-10-13-16-28(17-14-11-9-12-15-22-30)23-26(4)20-21-29(31)24-27(5)19-18-25(2)3/h25-31H,6-24H2,1-5H3. The first-order valence-corrected chi connectivity index (χ1v) is 14.2. The highest BCUT2D eigenvalue weighted by Gasteiger charge is 2.16. The maximum atomic E-state index is 10.5. The molecule has 0 aliphatic heterocycles. The maximum Gasteiger partial charge on any atom is 0.0542 e. The van der Waals surface area contributed by atoms with Crippen LogP contribution in [0.1, 0.15) is 150 Å². The molecule has 0 heterocycles. The molecule has 4 unspecified atom stereocenters. The highest BCUT2D eigenvalue weighted by molar-refractivity contribution is 4.69. The normalized spacial score (nSPS) is 15.9. The fourth-order valence-electron chi connectivity index (χ4n) is 4.97. The van der Waals surface area contributed by atoms with Crippen LogP contribution in [-0.2, 0) is 0 Å². The third-order valence-electron chi connectivity index (χ3n) is 7.13. The molecule has 0 spiro atoms. The van der Waals surface area contributed by atoms with Crippen LogP contribution in [0.3, 0.4) is 0 Å². The molecular formula is C29H60O2. The number of rotatable bonds is 23. The first-order chi connectivity index (χ1) is 14.9. The van der Waals surface area contributed by atoms with Gasteiger partial charge in [-0.25, -0.2) is 0 Å². The first kappa shape index (κ1) is 30.9. The van der Waals surface area contributed by atoms with Crippen molar-refractivity contribution in [2.24, 2.45) is 23.7 Å². The van der Waals surface area contributed by atoms with Crippen molar-refractivity contribution in [2.75, 3.05) is 6.61 Å². The van der Waals surface area contributed by atoms with Crippen molar-refractivity contribution < 1.29 is 10.2 Å². The van der Waals surface area contributed by atoms with Crippen molar-refractivity contribution in [3.05, 3.63) is 0 Å². The van der Waals surface area contributed by atoms with E-state index in [0.717, 1.165) is 37.0 Å². The highest BCUT2D eigenvalue weighted by atomic mass is 16.3. The molecule has 0 aromatic heterocycles. The van der Waals surface area contributed by atoms with Crippen LogP contribution in [0.2, 0.25) is 0 Å². The summed E-state index contributed by atoms with van der Waals surface area (Å²) in [6, 6.07) is 0. The van der Waals surface area contributed by atoms with Gasteiger partial charge in [-0.05, 0) is 55.8 Å². The molecule has 0 rings (SSSR count). The average molecular weight is 441 g/mol. The molecule has 0 saturated heterocycles. The zero-order valence-electron chi connectivity index (χ0n) is 22.2. The van der Waals surface area contributed by atoms with Crippen LogP contribution in [-0.4, -0.2) is 22.9 Å². The van der Waals surface area contributed by atoms with Gasteiger partial charge in [-0.2, -0.15) is 0 Å². The van der Waals surface area contributed by atoms with E-state index in [9.17, 15) is 5.11 Å². The molecule has 2 nitrogen and oxygen atoms in total. The van der Waals surface area contributed by atoms with Gasteiger partial charge in [0.05, 0.1) is 6.10 Å². The third kappa shape index (κ3) is 21.5. The molecule has 0 amide bonds. The smallest absolute Gasteiger partial charge is 0.0542 e. The Morgan fingerprint density at radius 2 is 1.06 bits per heavy atom. The van der Waals surface area contributed by atoms with Gasteiger partial charge in [-0.1, -0.05) is 118 Å². The molecule has 4 atom stereocenters. The van der Waals surface area contributed by atoms with Crippen LogP contribution in [0.4, 0.5) is 0 Å². The summed E-state index contributed by atoms with van der Waals surface area (Å²) in [6.45, 7) is 12.0. The van der Waals surface area contributed by atoms with E-state index in [0.29, 0.717) is 12.5 Å². The van der Waals surface area contributed by atoms with Crippen LogP contribution >= 0.6 is 0 Å². The van der Waals surface area contributed by atoms with Gasteiger partial charge >= 0.3 is 0 Å². The van der Waals surface area contributed by atoms with Gasteiger partial charge in [-0.3, -0.25) is 0 Å². The number of hydrogen-bond donors (Lipinski definition) is 2. The Balaban J connectivity index is 4.21. The van der Waals surface area contributed by atoms with Crippen molar-refractivity contribution in [1.29, 1.82) is 0 Å². The van der Waals surface area contributed by atoms with Crippen molar-refractivity contribution in [3.8, 4) is 0 Å². The molecule has 188 valence electrons. The summed E-state index contributed by atoms with van der Waals surface area (Å²) < 4.78 is 0. The Hall–Kier alpha value is -0.0800. The molecule has 0 saturated carbocycles. The predicted octanol–water partition coefficient (Wildman–Crippen LogP) is 8.93. The lowest BCUT2D eigenvalue weighted by molar-refractivity contribution is 0.123. The van der Waals surface area contributed by atoms with Crippen molar-refractivity contribution in [3.63, 3.8) is 0 Å². The maximum absolute atomic E-state index is 10.5. The Kier molecular flexibility index (Phi) is 21.7. The van der Waals surface area contributed by atoms with Crippen molar-refractivity contribution in [2.45, 2.75) is 156 Å². The second kappa shape index (κ2) is 21.7. The number of unbranched alkanes of at least 4 members (excludes halogenated alkanes) is 8. The Morgan fingerprint density at radius 3 is 1.65 bits per heavy atom. The monoisotopic (exact) mass is 440 g/mol. The molecule has 0 aromatic carbocycles. The minimum Gasteiger partial charge on any atom is -0.396 e. The molecule has 0 radical (unpaired) electrons. The quantitative estimate of drug-likeness (QED) is 0.156. The summed E-state index contributed by atoms with van der Waals surface area (Å²) in [5.41, 5.74) is 0. The molecular weight excluding hydrogens is 380 g/mol. The van der Waals surface area contributed by atoms with Gasteiger partial charge in [0.15, 0.2) is 0 Å². The fourth-order valence-corrected chi connectivity index (χ4v) is 4.97. The zero-order chi connectivity index (χ0) is 23.3. The van der Waals surface area contributed by atoms with Gasteiger partial charge in [0.1, 0.15) is 0 Å². The molecule has 0 aromatic rings. The highest BCUT2D eigenvalue weighted by Crippen LogP contribution is 2.28. The number of aliphatic hydroxyl groups is 2. The van der Waals surface area contributed by atoms with Crippen LogP contribution in [0, 0.1) is 23.7 Å². The molecule has 0 bridgehead atoms. The van der Waals surface area contributed by atoms with E-state index < -0.39 is 0 Å². The lowest BCUT2D eigenvalue weighted by Gasteiger charge is -2.23. The molecule has 0 aliphatic carbocycles. The van der Waals surface area contributed by atoms with E-state index in [1.165, 1.54) is 96.3 Å². The summed E-state index contributed by atoms with van der Waals surface area (Å²) in [5.74, 6) is 3.02. The van der Waals surface area contributed by atoms with Crippen LogP contribution in [0.5, 0.6) is 0 Å². The topological polar surface area (TPSA) is 40.5 Å². The van der Waals surface area contributed by atoms with E-state index in [-0.39, 0.29) is 6.10 Å². The molecule has 2 heteroatoms. The summed E-state index contributed by atoms with van der Waals surface area (Å²) in [6.07, 6.45) is 22.7.